The molecule has 0 aliphatic heterocycles. The van der Waals surface area contributed by atoms with Crippen molar-refractivity contribution in [1.29, 1.82) is 0 Å². The van der Waals surface area contributed by atoms with Crippen molar-refractivity contribution in [3.8, 4) is 0 Å². The number of carbonyl (C=O) groups excluding carboxylic acids is 1. The maximum atomic E-state index is 11.7. The van der Waals surface area contributed by atoms with E-state index in [-0.39, 0.29) is 11.9 Å². The third-order valence-electron chi connectivity index (χ3n) is 3.26. The molecule has 0 aromatic heterocycles. The molecule has 0 aliphatic carbocycles. The summed E-state index contributed by atoms with van der Waals surface area (Å²) in [5.74, 6) is 0.0862. The minimum Gasteiger partial charge on any atom is -0.385 e. The molecule has 0 aliphatic rings. The van der Waals surface area contributed by atoms with Crippen molar-refractivity contribution >= 4 is 5.91 Å². The van der Waals surface area contributed by atoms with Crippen LogP contribution in [0.1, 0.15) is 43.7 Å². The highest BCUT2D eigenvalue weighted by molar-refractivity contribution is 5.75. The van der Waals surface area contributed by atoms with Crippen LogP contribution < -0.4 is 11.1 Å². The Kier molecular flexibility index (Phi) is 8.67. The Morgan fingerprint density at radius 2 is 2.00 bits per heavy atom. The van der Waals surface area contributed by atoms with Crippen LogP contribution in [-0.4, -0.2) is 26.2 Å². The van der Waals surface area contributed by atoms with Crippen LogP contribution in [0.2, 0.25) is 0 Å². The molecule has 1 amide bonds. The zero-order valence-electron chi connectivity index (χ0n) is 12.3. The molecular formula is C16H26N2O2. The van der Waals surface area contributed by atoms with Gasteiger partial charge in [-0.05, 0) is 31.2 Å². The van der Waals surface area contributed by atoms with Gasteiger partial charge in [-0.1, -0.05) is 30.3 Å². The fraction of sp³-hybridized carbons (Fsp3) is 0.562. The zero-order chi connectivity index (χ0) is 14.6. The summed E-state index contributed by atoms with van der Waals surface area (Å²) in [6.07, 6.45) is 4.29. The van der Waals surface area contributed by atoms with E-state index in [9.17, 15) is 4.79 Å². The van der Waals surface area contributed by atoms with E-state index in [4.69, 9.17) is 10.5 Å². The minimum absolute atomic E-state index is 0.0661. The second kappa shape index (κ2) is 10.4. The maximum absolute atomic E-state index is 11.7. The summed E-state index contributed by atoms with van der Waals surface area (Å²) >= 11 is 0. The number of methoxy groups -OCH3 is 1. The second-order valence-corrected chi connectivity index (χ2v) is 4.96. The number of nitrogens with two attached hydrogens (primary N) is 1. The average molecular weight is 278 g/mol. The average Bonchev–Trinajstić information content (AvgIpc) is 2.49. The van der Waals surface area contributed by atoms with Crippen LogP contribution in [0.15, 0.2) is 30.3 Å². The second-order valence-electron chi connectivity index (χ2n) is 4.96. The lowest BCUT2D eigenvalue weighted by Gasteiger charge is -2.11. The molecule has 0 radical (unpaired) electrons. The summed E-state index contributed by atoms with van der Waals surface area (Å²) in [5, 5.41) is 2.93. The first kappa shape index (κ1) is 16.7. The lowest BCUT2D eigenvalue weighted by molar-refractivity contribution is -0.121. The molecule has 1 unspecified atom stereocenters. The number of hydrogen-bond donors (Lipinski definition) is 2. The van der Waals surface area contributed by atoms with Gasteiger partial charge >= 0.3 is 0 Å². The van der Waals surface area contributed by atoms with Gasteiger partial charge in [0.25, 0.3) is 0 Å². The number of unbranched alkanes of at least 4 members (excludes halogenated alkanes) is 2. The highest BCUT2D eigenvalue weighted by Gasteiger charge is 2.08. The molecule has 4 heteroatoms. The van der Waals surface area contributed by atoms with Gasteiger partial charge in [0.2, 0.25) is 5.91 Å². The molecule has 0 saturated heterocycles. The first-order chi connectivity index (χ1) is 9.74. The molecule has 112 valence electrons. The van der Waals surface area contributed by atoms with Crippen molar-refractivity contribution in [2.24, 2.45) is 5.73 Å². The lowest BCUT2D eigenvalue weighted by Crippen LogP contribution is -2.25. The Bertz CT molecular complexity index is 368. The van der Waals surface area contributed by atoms with Crippen LogP contribution in [0, 0.1) is 0 Å². The number of amides is 1. The van der Waals surface area contributed by atoms with Crippen molar-refractivity contribution < 1.29 is 9.53 Å². The number of rotatable bonds is 10. The number of carbonyl (C=O) groups is 1. The van der Waals surface area contributed by atoms with Gasteiger partial charge in [0.1, 0.15) is 0 Å². The van der Waals surface area contributed by atoms with Gasteiger partial charge < -0.3 is 15.8 Å². The topological polar surface area (TPSA) is 64.3 Å². The number of nitrogens with one attached hydrogen (secondary N) is 1. The van der Waals surface area contributed by atoms with E-state index in [1.54, 1.807) is 7.11 Å². The quantitative estimate of drug-likeness (QED) is 0.646. The van der Waals surface area contributed by atoms with Crippen molar-refractivity contribution in [2.75, 3.05) is 20.3 Å². The molecule has 4 nitrogen and oxygen atoms in total. The van der Waals surface area contributed by atoms with Crippen LogP contribution >= 0.6 is 0 Å². The molecule has 0 fully saturated rings. The first-order valence-electron chi connectivity index (χ1n) is 7.30. The Balaban J connectivity index is 2.08. The molecule has 1 aromatic rings. The summed E-state index contributed by atoms with van der Waals surface area (Å²) < 4.78 is 4.98. The molecule has 0 spiro atoms. The van der Waals surface area contributed by atoms with Gasteiger partial charge in [0.15, 0.2) is 0 Å². The molecule has 20 heavy (non-hydrogen) atoms. The minimum atomic E-state index is -0.0661. The van der Waals surface area contributed by atoms with E-state index in [1.807, 2.05) is 30.3 Å². The van der Waals surface area contributed by atoms with Gasteiger partial charge in [-0.15, -0.1) is 0 Å². The molecule has 1 atom stereocenters. The maximum Gasteiger partial charge on any atom is 0.220 e. The molecule has 0 bridgehead atoms. The standard InChI is InChI=1S/C16H26N2O2/c1-20-13-7-3-6-12-18-16(19)11-10-15(17)14-8-4-2-5-9-14/h2,4-5,8-9,15H,3,6-7,10-13,17H2,1H3,(H,18,19). The molecule has 0 saturated carbocycles. The highest BCUT2D eigenvalue weighted by atomic mass is 16.5. The normalized spacial score (nSPS) is 12.1. The van der Waals surface area contributed by atoms with E-state index in [2.05, 4.69) is 5.32 Å². The van der Waals surface area contributed by atoms with Crippen LogP contribution in [-0.2, 0) is 9.53 Å². The summed E-state index contributed by atoms with van der Waals surface area (Å²) in [5.41, 5.74) is 7.14. The molecule has 3 N–H and O–H groups in total. The van der Waals surface area contributed by atoms with Crippen LogP contribution in [0.5, 0.6) is 0 Å². The van der Waals surface area contributed by atoms with E-state index in [1.165, 1.54) is 0 Å². The van der Waals surface area contributed by atoms with Gasteiger partial charge in [-0.25, -0.2) is 0 Å². The molecule has 1 rings (SSSR count). The Labute approximate surface area is 121 Å². The van der Waals surface area contributed by atoms with E-state index in [0.29, 0.717) is 12.8 Å². The van der Waals surface area contributed by atoms with Crippen molar-refractivity contribution in [3.05, 3.63) is 35.9 Å². The van der Waals surface area contributed by atoms with Crippen LogP contribution in [0.4, 0.5) is 0 Å². The Hall–Kier alpha value is -1.39. The Morgan fingerprint density at radius 1 is 1.25 bits per heavy atom. The fourth-order valence-electron chi connectivity index (χ4n) is 2.02. The van der Waals surface area contributed by atoms with Gasteiger partial charge in [-0.3, -0.25) is 4.79 Å². The highest BCUT2D eigenvalue weighted by Crippen LogP contribution is 2.14. The molecular weight excluding hydrogens is 252 g/mol. The third-order valence-corrected chi connectivity index (χ3v) is 3.26. The van der Waals surface area contributed by atoms with Crippen LogP contribution in [0.3, 0.4) is 0 Å². The number of hydrogen-bond acceptors (Lipinski definition) is 3. The fourth-order valence-corrected chi connectivity index (χ4v) is 2.02. The number of ether oxygens (including phenoxy) is 1. The van der Waals surface area contributed by atoms with E-state index < -0.39 is 0 Å². The van der Waals surface area contributed by atoms with Crippen LogP contribution in [0.25, 0.3) is 0 Å². The predicted octanol–water partition coefficient (Wildman–Crippen LogP) is 2.40. The van der Waals surface area contributed by atoms with E-state index >= 15 is 0 Å². The van der Waals surface area contributed by atoms with Crippen molar-refractivity contribution in [1.82, 2.24) is 5.32 Å². The first-order valence-corrected chi connectivity index (χ1v) is 7.30. The summed E-state index contributed by atoms with van der Waals surface area (Å²) in [7, 11) is 1.71. The molecule has 1 aromatic carbocycles. The smallest absolute Gasteiger partial charge is 0.220 e. The monoisotopic (exact) mass is 278 g/mol. The summed E-state index contributed by atoms with van der Waals surface area (Å²) in [6.45, 7) is 1.53. The number of benzene rings is 1. The predicted molar refractivity (Wildman–Crippen MR) is 81.3 cm³/mol. The SMILES string of the molecule is COCCCCCNC(=O)CCC(N)c1ccccc1. The van der Waals surface area contributed by atoms with Crippen molar-refractivity contribution in [3.63, 3.8) is 0 Å². The van der Waals surface area contributed by atoms with Gasteiger partial charge in [0.05, 0.1) is 0 Å². The Morgan fingerprint density at radius 3 is 2.70 bits per heavy atom. The zero-order valence-corrected chi connectivity index (χ0v) is 12.3. The summed E-state index contributed by atoms with van der Waals surface area (Å²) in [6, 6.07) is 9.83. The largest absolute Gasteiger partial charge is 0.385 e. The van der Waals surface area contributed by atoms with E-state index in [0.717, 1.165) is 38.0 Å². The third kappa shape index (κ3) is 7.26. The van der Waals surface area contributed by atoms with Crippen molar-refractivity contribution in [2.45, 2.75) is 38.1 Å². The van der Waals surface area contributed by atoms with Gasteiger partial charge in [-0.2, -0.15) is 0 Å². The molecule has 0 heterocycles. The summed E-state index contributed by atoms with van der Waals surface area (Å²) in [4.78, 5) is 11.7. The van der Waals surface area contributed by atoms with Gasteiger partial charge in [0, 0.05) is 32.7 Å². The lowest BCUT2D eigenvalue weighted by atomic mass is 10.0.